The van der Waals surface area contributed by atoms with Crippen LogP contribution in [-0.4, -0.2) is 4.57 Å². The van der Waals surface area contributed by atoms with Crippen LogP contribution in [0.3, 0.4) is 0 Å². The van der Waals surface area contributed by atoms with Gasteiger partial charge in [0.1, 0.15) is 23.2 Å². The van der Waals surface area contributed by atoms with Gasteiger partial charge in [0, 0.05) is 24.4 Å². The number of pyridine rings is 1. The van der Waals surface area contributed by atoms with Crippen LogP contribution in [0, 0.1) is 24.1 Å². The predicted octanol–water partition coefficient (Wildman–Crippen LogP) is 2.05. The van der Waals surface area contributed by atoms with Gasteiger partial charge in [0.2, 0.25) is 5.88 Å². The Morgan fingerprint density at radius 3 is 2.74 bits per heavy atom. The zero-order chi connectivity index (χ0) is 16.7. The van der Waals surface area contributed by atoms with Crippen molar-refractivity contribution < 1.29 is 9.13 Å². The van der Waals surface area contributed by atoms with Gasteiger partial charge >= 0.3 is 0 Å². The average Bonchev–Trinajstić information content (AvgIpc) is 2.52. The Balaban J connectivity index is 2.39. The summed E-state index contributed by atoms with van der Waals surface area (Å²) < 4.78 is 21.2. The molecule has 1 aromatic carbocycles. The van der Waals surface area contributed by atoms with Crippen molar-refractivity contribution >= 4 is 0 Å². The summed E-state index contributed by atoms with van der Waals surface area (Å²) in [5.74, 6) is -1.24. The van der Waals surface area contributed by atoms with Gasteiger partial charge in [0.05, 0.1) is 11.5 Å². The maximum absolute atomic E-state index is 14.3. The van der Waals surface area contributed by atoms with Crippen LogP contribution >= 0.6 is 0 Å². The quantitative estimate of drug-likeness (QED) is 0.874. The van der Waals surface area contributed by atoms with E-state index in [2.05, 4.69) is 0 Å². The van der Waals surface area contributed by atoms with Crippen LogP contribution in [0.4, 0.5) is 4.39 Å². The fourth-order valence-corrected chi connectivity index (χ4v) is 2.76. The smallest absolute Gasteiger partial charge is 0.258 e. The molecular weight excluding hydrogens is 297 g/mol. The Hall–Kier alpha value is -3.07. The molecule has 0 unspecified atom stereocenters. The summed E-state index contributed by atoms with van der Waals surface area (Å²) in [4.78, 5) is 12.7. The first kappa shape index (κ1) is 14.9. The minimum Gasteiger partial charge on any atom is -0.440 e. The summed E-state index contributed by atoms with van der Waals surface area (Å²) >= 11 is 0. The molecule has 0 spiro atoms. The summed E-state index contributed by atoms with van der Waals surface area (Å²) in [7, 11) is 1.62. The second-order valence-corrected chi connectivity index (χ2v) is 5.37. The molecule has 0 bridgehead atoms. The Labute approximate surface area is 132 Å². The third kappa shape index (κ3) is 2.18. The molecule has 5 nitrogen and oxygen atoms in total. The molecule has 0 saturated carbocycles. The summed E-state index contributed by atoms with van der Waals surface area (Å²) in [6.45, 7) is 1.75. The van der Waals surface area contributed by atoms with Crippen LogP contribution in [0.5, 0.6) is 5.75 Å². The van der Waals surface area contributed by atoms with Gasteiger partial charge in [-0.3, -0.25) is 4.79 Å². The van der Waals surface area contributed by atoms with E-state index in [1.807, 2.05) is 6.07 Å². The van der Waals surface area contributed by atoms with Crippen molar-refractivity contribution in [3.8, 4) is 11.8 Å². The highest BCUT2D eigenvalue weighted by Gasteiger charge is 2.35. The number of ether oxygens (including phenoxy) is 1. The monoisotopic (exact) mass is 311 g/mol. The van der Waals surface area contributed by atoms with Gasteiger partial charge in [-0.25, -0.2) is 4.39 Å². The zero-order valence-corrected chi connectivity index (χ0v) is 12.6. The number of hydrogen-bond donors (Lipinski definition) is 1. The number of aromatic nitrogens is 1. The van der Waals surface area contributed by atoms with E-state index in [-0.39, 0.29) is 33.9 Å². The lowest BCUT2D eigenvalue weighted by molar-refractivity contribution is 0.388. The number of aryl methyl sites for hydroxylation is 1. The van der Waals surface area contributed by atoms with Crippen LogP contribution in [0.2, 0.25) is 0 Å². The lowest BCUT2D eigenvalue weighted by Gasteiger charge is -2.27. The lowest BCUT2D eigenvalue weighted by Crippen LogP contribution is -2.31. The van der Waals surface area contributed by atoms with Crippen LogP contribution in [0.15, 0.2) is 46.6 Å². The number of nitrogens with two attached hydrogens (primary N) is 1. The molecule has 0 amide bonds. The second-order valence-electron chi connectivity index (χ2n) is 5.37. The SMILES string of the molecule is Cc1cc2c(c(=O)n1C)[C@H](c1ccccc1F)C(C#N)=C(N)O2. The molecule has 116 valence electrons. The van der Waals surface area contributed by atoms with E-state index < -0.39 is 11.7 Å². The van der Waals surface area contributed by atoms with E-state index in [4.69, 9.17) is 10.5 Å². The standard InChI is InChI=1S/C17H14FN3O2/c1-9-7-13-15(17(22)21(9)2)14(11(8-19)16(20)23-13)10-5-3-4-6-12(10)18/h3-7,14H,20H2,1-2H3/t14-/m1/s1. The molecule has 1 atom stereocenters. The zero-order valence-electron chi connectivity index (χ0n) is 12.6. The fraction of sp³-hybridized carbons (Fsp3) is 0.176. The summed E-state index contributed by atoms with van der Waals surface area (Å²) in [5.41, 5.74) is 6.63. The van der Waals surface area contributed by atoms with Gasteiger partial charge in [-0.05, 0) is 13.0 Å². The Morgan fingerprint density at radius 2 is 2.09 bits per heavy atom. The van der Waals surface area contributed by atoms with E-state index in [9.17, 15) is 14.4 Å². The van der Waals surface area contributed by atoms with E-state index in [1.54, 1.807) is 38.2 Å². The number of halogens is 1. The normalized spacial score (nSPS) is 16.5. The molecule has 2 heterocycles. The Kier molecular flexibility index (Phi) is 3.41. The van der Waals surface area contributed by atoms with Crippen LogP contribution < -0.4 is 16.0 Å². The molecule has 1 aliphatic heterocycles. The molecule has 2 aromatic rings. The van der Waals surface area contributed by atoms with Gasteiger partial charge in [0.15, 0.2) is 0 Å². The van der Waals surface area contributed by atoms with Crippen LogP contribution in [0.1, 0.15) is 22.7 Å². The van der Waals surface area contributed by atoms with Gasteiger partial charge in [-0.2, -0.15) is 5.26 Å². The molecular formula is C17H14FN3O2. The summed E-state index contributed by atoms with van der Waals surface area (Å²) in [5, 5.41) is 9.43. The molecule has 3 rings (SSSR count). The van der Waals surface area contributed by atoms with Crippen molar-refractivity contribution in [1.82, 2.24) is 4.57 Å². The van der Waals surface area contributed by atoms with Crippen LogP contribution in [0.25, 0.3) is 0 Å². The van der Waals surface area contributed by atoms with Gasteiger partial charge < -0.3 is 15.0 Å². The highest BCUT2D eigenvalue weighted by atomic mass is 19.1. The Morgan fingerprint density at radius 1 is 1.39 bits per heavy atom. The first-order valence-electron chi connectivity index (χ1n) is 6.98. The van der Waals surface area contributed by atoms with Crippen molar-refractivity contribution in [3.63, 3.8) is 0 Å². The third-order valence-corrected chi connectivity index (χ3v) is 4.07. The van der Waals surface area contributed by atoms with Gasteiger partial charge in [-0.1, -0.05) is 18.2 Å². The summed E-state index contributed by atoms with van der Waals surface area (Å²) in [6.07, 6.45) is 0. The molecule has 0 aliphatic carbocycles. The summed E-state index contributed by atoms with van der Waals surface area (Å²) in [6, 6.07) is 9.63. The predicted molar refractivity (Wildman–Crippen MR) is 82.1 cm³/mol. The van der Waals surface area contributed by atoms with E-state index in [1.165, 1.54) is 10.6 Å². The largest absolute Gasteiger partial charge is 0.440 e. The number of rotatable bonds is 1. The van der Waals surface area contributed by atoms with Gasteiger partial charge in [0.25, 0.3) is 5.56 Å². The molecule has 0 radical (unpaired) electrons. The first-order valence-corrected chi connectivity index (χ1v) is 6.98. The van der Waals surface area contributed by atoms with Gasteiger partial charge in [-0.15, -0.1) is 0 Å². The minimum atomic E-state index is -0.885. The number of nitrogens with zero attached hydrogens (tertiary/aromatic N) is 2. The molecule has 0 fully saturated rings. The van der Waals surface area contributed by atoms with Crippen molar-refractivity contribution in [2.24, 2.45) is 12.8 Å². The van der Waals surface area contributed by atoms with E-state index in [0.29, 0.717) is 5.69 Å². The highest BCUT2D eigenvalue weighted by Crippen LogP contribution is 2.41. The van der Waals surface area contributed by atoms with Crippen molar-refractivity contribution in [2.45, 2.75) is 12.8 Å². The molecule has 23 heavy (non-hydrogen) atoms. The Bertz CT molecular complexity index is 938. The van der Waals surface area contributed by atoms with Crippen molar-refractivity contribution in [3.05, 3.63) is 74.8 Å². The molecule has 0 saturated heterocycles. The highest BCUT2D eigenvalue weighted by molar-refractivity contribution is 5.55. The van der Waals surface area contributed by atoms with Crippen LogP contribution in [-0.2, 0) is 7.05 Å². The maximum atomic E-state index is 14.3. The number of fused-ring (bicyclic) bond motifs is 1. The number of allylic oxidation sites excluding steroid dienone is 1. The molecule has 6 heteroatoms. The maximum Gasteiger partial charge on any atom is 0.258 e. The first-order chi connectivity index (χ1) is 11.0. The molecule has 2 N–H and O–H groups in total. The third-order valence-electron chi connectivity index (χ3n) is 4.07. The second kappa shape index (κ2) is 5.29. The molecule has 1 aromatic heterocycles. The number of benzene rings is 1. The van der Waals surface area contributed by atoms with E-state index >= 15 is 0 Å². The lowest BCUT2D eigenvalue weighted by atomic mass is 9.83. The van der Waals surface area contributed by atoms with E-state index in [0.717, 1.165) is 0 Å². The molecule has 1 aliphatic rings. The number of nitriles is 1. The number of hydrogen-bond acceptors (Lipinski definition) is 4. The van der Waals surface area contributed by atoms with Crippen molar-refractivity contribution in [1.29, 1.82) is 5.26 Å². The average molecular weight is 311 g/mol. The van der Waals surface area contributed by atoms with Crippen molar-refractivity contribution in [2.75, 3.05) is 0 Å². The fourth-order valence-electron chi connectivity index (χ4n) is 2.76. The minimum absolute atomic E-state index is 0.0311. The topological polar surface area (TPSA) is 81.0 Å².